The summed E-state index contributed by atoms with van der Waals surface area (Å²) < 4.78 is 0. The fraction of sp³-hybridized carbons (Fsp3) is 0.211. The van der Waals surface area contributed by atoms with Crippen LogP contribution in [0.3, 0.4) is 0 Å². The Labute approximate surface area is 140 Å². The van der Waals surface area contributed by atoms with Crippen LogP contribution < -0.4 is 5.32 Å². The molecule has 0 radical (unpaired) electrons. The molecule has 0 aliphatic heterocycles. The second kappa shape index (κ2) is 6.66. The highest BCUT2D eigenvalue weighted by molar-refractivity contribution is 5.97. The lowest BCUT2D eigenvalue weighted by atomic mass is 10.1. The number of aromatic amines is 1. The van der Waals surface area contributed by atoms with Gasteiger partial charge >= 0.3 is 0 Å². The topological polar surface area (TPSA) is 74.8 Å². The Hall–Kier alpha value is -2.95. The molecule has 5 heteroatoms. The van der Waals surface area contributed by atoms with E-state index in [1.807, 2.05) is 25.1 Å². The summed E-state index contributed by atoms with van der Waals surface area (Å²) in [5.41, 5.74) is 3.97. The third-order valence-electron chi connectivity index (χ3n) is 3.85. The van der Waals surface area contributed by atoms with E-state index in [0.717, 1.165) is 28.8 Å². The quantitative estimate of drug-likeness (QED) is 0.706. The van der Waals surface area contributed by atoms with Gasteiger partial charge in [-0.1, -0.05) is 25.1 Å². The molecule has 0 aliphatic rings. The number of benzene rings is 2. The van der Waals surface area contributed by atoms with E-state index in [0.29, 0.717) is 11.3 Å². The van der Waals surface area contributed by atoms with Crippen molar-refractivity contribution in [3.8, 4) is 0 Å². The Morgan fingerprint density at radius 1 is 1.17 bits per heavy atom. The fourth-order valence-corrected chi connectivity index (χ4v) is 2.59. The third-order valence-corrected chi connectivity index (χ3v) is 3.85. The van der Waals surface area contributed by atoms with Crippen molar-refractivity contribution in [3.63, 3.8) is 0 Å². The monoisotopic (exact) mass is 321 g/mol. The summed E-state index contributed by atoms with van der Waals surface area (Å²) in [6.45, 7) is 3.55. The molecule has 3 aromatic rings. The molecule has 2 N–H and O–H groups in total. The van der Waals surface area contributed by atoms with Crippen molar-refractivity contribution >= 4 is 28.4 Å². The lowest BCUT2D eigenvalue weighted by Crippen LogP contribution is -2.14. The van der Waals surface area contributed by atoms with E-state index in [1.165, 1.54) is 6.92 Å². The summed E-state index contributed by atoms with van der Waals surface area (Å²) in [6, 6.07) is 12.7. The minimum absolute atomic E-state index is 0.0254. The summed E-state index contributed by atoms with van der Waals surface area (Å²) >= 11 is 0. The summed E-state index contributed by atoms with van der Waals surface area (Å²) in [6.07, 6.45) is 1.11. The average molecular weight is 321 g/mol. The minimum atomic E-state index is -0.120. The first-order valence-electron chi connectivity index (χ1n) is 7.93. The van der Waals surface area contributed by atoms with Crippen molar-refractivity contribution in [2.75, 3.05) is 5.32 Å². The number of anilines is 1. The number of hydrogen-bond acceptors (Lipinski definition) is 3. The van der Waals surface area contributed by atoms with Gasteiger partial charge in [-0.15, -0.1) is 0 Å². The predicted molar refractivity (Wildman–Crippen MR) is 94.3 cm³/mol. The van der Waals surface area contributed by atoms with Gasteiger partial charge in [0.2, 0.25) is 5.91 Å². The van der Waals surface area contributed by atoms with Gasteiger partial charge < -0.3 is 10.3 Å². The standard InChI is InChI=1S/C19H19N3O2/c1-3-18-21-16-8-7-13(9-17(16)22-18)10-19(24)20-15-6-4-5-14(11-15)12(2)23/h4-9,11H,3,10H2,1-2H3,(H,20,24)(H,21,22). The molecule has 122 valence electrons. The maximum atomic E-state index is 12.2. The zero-order chi connectivity index (χ0) is 17.1. The van der Waals surface area contributed by atoms with E-state index in [-0.39, 0.29) is 18.1 Å². The van der Waals surface area contributed by atoms with Crippen LogP contribution in [0.1, 0.15) is 35.6 Å². The Morgan fingerprint density at radius 3 is 2.75 bits per heavy atom. The number of carbonyl (C=O) groups is 2. The Bertz CT molecular complexity index is 912. The number of hydrogen-bond donors (Lipinski definition) is 2. The van der Waals surface area contributed by atoms with Gasteiger partial charge in [-0.3, -0.25) is 9.59 Å². The van der Waals surface area contributed by atoms with Crippen LogP contribution >= 0.6 is 0 Å². The van der Waals surface area contributed by atoms with Crippen molar-refractivity contribution in [3.05, 3.63) is 59.4 Å². The normalized spacial score (nSPS) is 10.8. The number of aryl methyl sites for hydroxylation is 1. The van der Waals surface area contributed by atoms with Gasteiger partial charge in [0.05, 0.1) is 17.5 Å². The van der Waals surface area contributed by atoms with E-state index in [4.69, 9.17) is 0 Å². The number of H-pyrrole nitrogens is 1. The van der Waals surface area contributed by atoms with Crippen molar-refractivity contribution in [2.24, 2.45) is 0 Å². The van der Waals surface area contributed by atoms with Crippen molar-refractivity contribution < 1.29 is 9.59 Å². The molecule has 1 heterocycles. The van der Waals surface area contributed by atoms with E-state index in [9.17, 15) is 9.59 Å². The van der Waals surface area contributed by atoms with Gasteiger partial charge in [-0.05, 0) is 36.8 Å². The van der Waals surface area contributed by atoms with E-state index >= 15 is 0 Å². The van der Waals surface area contributed by atoms with Crippen LogP contribution in [-0.2, 0) is 17.6 Å². The van der Waals surface area contributed by atoms with Gasteiger partial charge in [0.1, 0.15) is 5.82 Å². The molecule has 0 atom stereocenters. The lowest BCUT2D eigenvalue weighted by Gasteiger charge is -2.06. The molecule has 0 bridgehead atoms. The maximum Gasteiger partial charge on any atom is 0.228 e. The number of nitrogens with zero attached hydrogens (tertiary/aromatic N) is 1. The lowest BCUT2D eigenvalue weighted by molar-refractivity contribution is -0.115. The van der Waals surface area contributed by atoms with Crippen LogP contribution in [0.25, 0.3) is 11.0 Å². The Morgan fingerprint density at radius 2 is 2.00 bits per heavy atom. The zero-order valence-corrected chi connectivity index (χ0v) is 13.7. The van der Waals surface area contributed by atoms with Crippen LogP contribution in [0.5, 0.6) is 0 Å². The van der Waals surface area contributed by atoms with Crippen molar-refractivity contribution in [1.29, 1.82) is 0 Å². The number of fused-ring (bicyclic) bond motifs is 1. The molecular formula is C19H19N3O2. The Kier molecular flexibility index (Phi) is 4.42. The van der Waals surface area contributed by atoms with E-state index in [2.05, 4.69) is 15.3 Å². The van der Waals surface area contributed by atoms with Gasteiger partial charge in [0, 0.05) is 17.7 Å². The van der Waals surface area contributed by atoms with Crippen LogP contribution in [0.4, 0.5) is 5.69 Å². The third kappa shape index (κ3) is 3.51. The molecule has 0 saturated carbocycles. The van der Waals surface area contributed by atoms with Crippen molar-refractivity contribution in [1.82, 2.24) is 9.97 Å². The van der Waals surface area contributed by atoms with Gasteiger partial charge in [-0.2, -0.15) is 0 Å². The number of nitrogens with one attached hydrogen (secondary N) is 2. The predicted octanol–water partition coefficient (Wildman–Crippen LogP) is 3.51. The number of ketones is 1. The number of amides is 1. The summed E-state index contributed by atoms with van der Waals surface area (Å²) in [7, 11) is 0. The summed E-state index contributed by atoms with van der Waals surface area (Å²) in [5.74, 6) is 0.792. The number of Topliss-reactive ketones (excluding diaryl/α,β-unsaturated/α-hetero) is 1. The van der Waals surface area contributed by atoms with Crippen LogP contribution in [0.15, 0.2) is 42.5 Å². The smallest absolute Gasteiger partial charge is 0.228 e. The van der Waals surface area contributed by atoms with Gasteiger partial charge in [-0.25, -0.2) is 4.98 Å². The summed E-state index contributed by atoms with van der Waals surface area (Å²) in [4.78, 5) is 31.3. The first-order valence-corrected chi connectivity index (χ1v) is 7.93. The maximum absolute atomic E-state index is 12.2. The number of imidazole rings is 1. The molecule has 24 heavy (non-hydrogen) atoms. The molecule has 5 nitrogen and oxygen atoms in total. The first kappa shape index (κ1) is 15.9. The number of rotatable bonds is 5. The fourth-order valence-electron chi connectivity index (χ4n) is 2.59. The van der Waals surface area contributed by atoms with Gasteiger partial charge in [0.25, 0.3) is 0 Å². The molecule has 0 unspecified atom stereocenters. The number of aromatic nitrogens is 2. The molecule has 0 fully saturated rings. The molecule has 0 saturated heterocycles. The second-order valence-corrected chi connectivity index (χ2v) is 5.75. The van der Waals surface area contributed by atoms with Gasteiger partial charge in [0.15, 0.2) is 5.78 Å². The highest BCUT2D eigenvalue weighted by atomic mass is 16.1. The van der Waals surface area contributed by atoms with Crippen molar-refractivity contribution in [2.45, 2.75) is 26.7 Å². The first-order chi connectivity index (χ1) is 11.5. The van der Waals surface area contributed by atoms with E-state index in [1.54, 1.807) is 24.3 Å². The van der Waals surface area contributed by atoms with Crippen LogP contribution in [0.2, 0.25) is 0 Å². The molecule has 1 aromatic heterocycles. The minimum Gasteiger partial charge on any atom is -0.342 e. The second-order valence-electron chi connectivity index (χ2n) is 5.75. The summed E-state index contributed by atoms with van der Waals surface area (Å²) in [5, 5.41) is 2.83. The molecule has 0 spiro atoms. The highest BCUT2D eigenvalue weighted by Crippen LogP contribution is 2.16. The molecule has 1 amide bonds. The average Bonchev–Trinajstić information content (AvgIpc) is 2.97. The SMILES string of the molecule is CCc1nc2ccc(CC(=O)Nc3cccc(C(C)=O)c3)cc2[nH]1. The highest BCUT2D eigenvalue weighted by Gasteiger charge is 2.08. The molecular weight excluding hydrogens is 302 g/mol. The van der Waals surface area contributed by atoms with E-state index < -0.39 is 0 Å². The Balaban J connectivity index is 1.72. The zero-order valence-electron chi connectivity index (χ0n) is 13.7. The largest absolute Gasteiger partial charge is 0.342 e. The van der Waals surface area contributed by atoms with Crippen LogP contribution in [-0.4, -0.2) is 21.7 Å². The number of carbonyl (C=O) groups excluding carboxylic acids is 2. The molecule has 3 rings (SSSR count). The molecule has 2 aromatic carbocycles. The van der Waals surface area contributed by atoms with Crippen LogP contribution in [0, 0.1) is 0 Å². The molecule has 0 aliphatic carbocycles.